The quantitative estimate of drug-likeness (QED) is 0.848. The van der Waals surface area contributed by atoms with Gasteiger partial charge in [-0.1, -0.05) is 0 Å². The molecule has 1 saturated carbocycles. The average Bonchev–Trinajstić information content (AvgIpc) is 3.05. The van der Waals surface area contributed by atoms with Gasteiger partial charge in [-0.2, -0.15) is 0 Å². The first-order valence-electron chi connectivity index (χ1n) is 5.80. The molecule has 17 heavy (non-hydrogen) atoms. The lowest BCUT2D eigenvalue weighted by Gasteiger charge is -2.13. The van der Waals surface area contributed by atoms with Crippen molar-refractivity contribution in [1.82, 2.24) is 14.5 Å². The van der Waals surface area contributed by atoms with Crippen molar-refractivity contribution in [2.75, 3.05) is 17.7 Å². The number of halogens is 1. The largest absolute Gasteiger partial charge is 0.368 e. The van der Waals surface area contributed by atoms with Crippen LogP contribution in [-0.4, -0.2) is 27.0 Å². The highest BCUT2D eigenvalue weighted by Crippen LogP contribution is 2.46. The number of pyridine rings is 1. The molecule has 1 N–H and O–H groups in total. The molecule has 1 fully saturated rings. The van der Waals surface area contributed by atoms with Crippen LogP contribution in [0.2, 0.25) is 0 Å². The minimum absolute atomic E-state index is 0.292. The Kier molecular flexibility index (Phi) is 2.47. The molecule has 2 aromatic heterocycles. The molecule has 90 valence electrons. The normalized spacial score (nSPS) is 17.3. The number of fused-ring (bicyclic) bond motifs is 1. The van der Waals surface area contributed by atoms with Gasteiger partial charge < -0.3 is 9.88 Å². The Morgan fingerprint density at radius 2 is 2.29 bits per heavy atom. The molecule has 0 bridgehead atoms. The lowest BCUT2D eigenvalue weighted by molar-refractivity contribution is 0.618. The summed E-state index contributed by atoms with van der Waals surface area (Å²) in [4.78, 5) is 8.73. The molecular formula is C12H15ClN4. The Morgan fingerprint density at radius 3 is 3.00 bits per heavy atom. The summed E-state index contributed by atoms with van der Waals surface area (Å²) in [5.74, 6) is 1.58. The second kappa shape index (κ2) is 3.88. The van der Waals surface area contributed by atoms with Gasteiger partial charge in [-0.25, -0.2) is 9.97 Å². The van der Waals surface area contributed by atoms with Gasteiger partial charge in [0, 0.05) is 31.1 Å². The van der Waals surface area contributed by atoms with Crippen LogP contribution in [0.4, 0.5) is 5.82 Å². The van der Waals surface area contributed by atoms with Crippen LogP contribution in [0.5, 0.6) is 0 Å². The van der Waals surface area contributed by atoms with Gasteiger partial charge >= 0.3 is 0 Å². The van der Waals surface area contributed by atoms with Gasteiger partial charge in [-0.15, -0.1) is 11.6 Å². The summed E-state index contributed by atoms with van der Waals surface area (Å²) in [5, 5.41) is 3.38. The minimum atomic E-state index is 0.292. The highest BCUT2D eigenvalue weighted by molar-refractivity contribution is 6.18. The van der Waals surface area contributed by atoms with E-state index in [4.69, 9.17) is 11.6 Å². The van der Waals surface area contributed by atoms with Gasteiger partial charge in [-0.3, -0.25) is 0 Å². The molecule has 2 heterocycles. The predicted octanol–water partition coefficient (Wildman–Crippen LogP) is 2.40. The molecule has 1 aliphatic rings. The number of nitrogens with one attached hydrogen (secondary N) is 1. The summed E-state index contributed by atoms with van der Waals surface area (Å²) < 4.78 is 2.00. The van der Waals surface area contributed by atoms with Crippen LogP contribution >= 0.6 is 11.6 Å². The third kappa shape index (κ3) is 1.86. The van der Waals surface area contributed by atoms with Crippen LogP contribution in [0.15, 0.2) is 18.6 Å². The number of rotatable bonds is 4. The first kappa shape index (κ1) is 10.8. The van der Waals surface area contributed by atoms with Gasteiger partial charge in [-0.05, 0) is 18.9 Å². The average molecular weight is 251 g/mol. The SMILES string of the molecule is Cn1cnc2c(NCC3(CCl)CC3)nccc21. The molecule has 0 aromatic carbocycles. The number of nitrogens with zero attached hydrogens (tertiary/aromatic N) is 3. The van der Waals surface area contributed by atoms with Crippen molar-refractivity contribution >= 4 is 28.5 Å². The fourth-order valence-corrected chi connectivity index (χ4v) is 2.36. The second-order valence-corrected chi connectivity index (χ2v) is 5.14. The molecule has 1 aliphatic carbocycles. The van der Waals surface area contributed by atoms with Crippen molar-refractivity contribution in [1.29, 1.82) is 0 Å². The van der Waals surface area contributed by atoms with Crippen LogP contribution in [0.25, 0.3) is 11.0 Å². The Morgan fingerprint density at radius 1 is 1.47 bits per heavy atom. The summed E-state index contributed by atoms with van der Waals surface area (Å²) >= 11 is 5.96. The van der Waals surface area contributed by atoms with E-state index < -0.39 is 0 Å². The van der Waals surface area contributed by atoms with Crippen molar-refractivity contribution in [2.24, 2.45) is 12.5 Å². The van der Waals surface area contributed by atoms with E-state index in [-0.39, 0.29) is 0 Å². The number of hydrogen-bond donors (Lipinski definition) is 1. The van der Waals surface area contributed by atoms with Crippen molar-refractivity contribution in [3.05, 3.63) is 18.6 Å². The van der Waals surface area contributed by atoms with E-state index in [0.29, 0.717) is 5.41 Å². The van der Waals surface area contributed by atoms with Gasteiger partial charge in [0.2, 0.25) is 0 Å². The van der Waals surface area contributed by atoms with Crippen LogP contribution in [-0.2, 0) is 7.05 Å². The number of alkyl halides is 1. The second-order valence-electron chi connectivity index (χ2n) is 4.87. The van der Waals surface area contributed by atoms with Crippen molar-refractivity contribution in [3.63, 3.8) is 0 Å². The molecular weight excluding hydrogens is 236 g/mol. The highest BCUT2D eigenvalue weighted by Gasteiger charge is 2.41. The number of aromatic nitrogens is 3. The summed E-state index contributed by atoms with van der Waals surface area (Å²) in [6.07, 6.45) is 6.04. The van der Waals surface area contributed by atoms with Gasteiger partial charge in [0.15, 0.2) is 5.82 Å². The van der Waals surface area contributed by atoms with Crippen molar-refractivity contribution in [2.45, 2.75) is 12.8 Å². The number of anilines is 1. The Bertz CT molecular complexity index is 544. The molecule has 2 aromatic rings. The molecule has 0 saturated heterocycles. The molecule has 0 amide bonds. The van der Waals surface area contributed by atoms with Gasteiger partial charge in [0.05, 0.1) is 11.8 Å². The molecule has 0 radical (unpaired) electrons. The maximum absolute atomic E-state index is 5.96. The third-order valence-corrected chi connectivity index (χ3v) is 4.08. The van der Waals surface area contributed by atoms with Gasteiger partial charge in [0.1, 0.15) is 5.52 Å². The lowest BCUT2D eigenvalue weighted by Crippen LogP contribution is -2.17. The molecule has 5 heteroatoms. The standard InChI is InChI=1S/C12H15ClN4/c1-17-8-16-10-9(17)2-5-14-11(10)15-7-12(6-13)3-4-12/h2,5,8H,3-4,6-7H2,1H3,(H,14,15). The lowest BCUT2D eigenvalue weighted by atomic mass is 10.1. The topological polar surface area (TPSA) is 42.7 Å². The zero-order valence-electron chi connectivity index (χ0n) is 9.78. The molecule has 0 aliphatic heterocycles. The number of hydrogen-bond acceptors (Lipinski definition) is 3. The predicted molar refractivity (Wildman–Crippen MR) is 69.4 cm³/mol. The monoisotopic (exact) mass is 250 g/mol. The zero-order chi connectivity index (χ0) is 11.9. The number of aryl methyl sites for hydroxylation is 1. The summed E-state index contributed by atoms with van der Waals surface area (Å²) in [6, 6.07) is 1.97. The third-order valence-electron chi connectivity index (χ3n) is 3.51. The Balaban J connectivity index is 1.85. The van der Waals surface area contributed by atoms with Gasteiger partial charge in [0.25, 0.3) is 0 Å². The summed E-state index contributed by atoms with van der Waals surface area (Å²) in [5.41, 5.74) is 2.32. The van der Waals surface area contributed by atoms with E-state index in [1.165, 1.54) is 12.8 Å². The van der Waals surface area contributed by atoms with Crippen LogP contribution in [0, 0.1) is 5.41 Å². The van der Waals surface area contributed by atoms with E-state index in [1.54, 1.807) is 0 Å². The maximum Gasteiger partial charge on any atom is 0.154 e. The van der Waals surface area contributed by atoms with E-state index in [9.17, 15) is 0 Å². The fourth-order valence-electron chi connectivity index (χ4n) is 2.00. The summed E-state index contributed by atoms with van der Waals surface area (Å²) in [7, 11) is 1.99. The Hall–Kier alpha value is -1.29. The van der Waals surface area contributed by atoms with E-state index in [2.05, 4.69) is 15.3 Å². The smallest absolute Gasteiger partial charge is 0.154 e. The minimum Gasteiger partial charge on any atom is -0.368 e. The zero-order valence-corrected chi connectivity index (χ0v) is 10.5. The maximum atomic E-state index is 5.96. The van der Waals surface area contributed by atoms with E-state index in [1.807, 2.05) is 30.2 Å². The molecule has 0 atom stereocenters. The van der Waals surface area contributed by atoms with Crippen LogP contribution in [0.1, 0.15) is 12.8 Å². The van der Waals surface area contributed by atoms with Crippen LogP contribution in [0.3, 0.4) is 0 Å². The number of imidazole rings is 1. The molecule has 0 spiro atoms. The molecule has 3 rings (SSSR count). The molecule has 0 unspecified atom stereocenters. The first-order chi connectivity index (χ1) is 8.24. The first-order valence-corrected chi connectivity index (χ1v) is 6.33. The fraction of sp³-hybridized carbons (Fsp3) is 0.500. The summed E-state index contributed by atoms with van der Waals surface area (Å²) in [6.45, 7) is 0.888. The Labute approximate surface area is 105 Å². The highest BCUT2D eigenvalue weighted by atomic mass is 35.5. The van der Waals surface area contributed by atoms with Crippen molar-refractivity contribution < 1.29 is 0 Å². The molecule has 4 nitrogen and oxygen atoms in total. The van der Waals surface area contributed by atoms with Crippen molar-refractivity contribution in [3.8, 4) is 0 Å². The van der Waals surface area contributed by atoms with E-state index in [0.717, 1.165) is 29.3 Å². The van der Waals surface area contributed by atoms with Crippen LogP contribution < -0.4 is 5.32 Å². The van der Waals surface area contributed by atoms with E-state index >= 15 is 0 Å².